The summed E-state index contributed by atoms with van der Waals surface area (Å²) in [6, 6.07) is 10.6. The minimum Gasteiger partial charge on any atom is -0.352 e. The average molecular weight is 431 g/mol. The zero-order chi connectivity index (χ0) is 19.4. The number of nitrogens with zero attached hydrogens (tertiary/aromatic N) is 3. The van der Waals surface area contributed by atoms with Gasteiger partial charge < -0.3 is 14.4 Å². The number of halogens is 1. The first kappa shape index (κ1) is 19.0. The predicted octanol–water partition coefficient (Wildman–Crippen LogP) is 3.24. The molecule has 1 atom stereocenters. The van der Waals surface area contributed by atoms with Crippen LogP contribution in [0, 0.1) is 0 Å². The van der Waals surface area contributed by atoms with Gasteiger partial charge in [-0.3, -0.25) is 9.59 Å². The van der Waals surface area contributed by atoms with Crippen molar-refractivity contribution in [2.45, 2.75) is 32.9 Å². The van der Waals surface area contributed by atoms with E-state index in [2.05, 4.69) is 31.4 Å². The van der Waals surface area contributed by atoms with Gasteiger partial charge in [0.2, 0.25) is 11.7 Å². The normalized spacial score (nSPS) is 12.0. The molecule has 3 aromatic rings. The highest BCUT2D eigenvalue weighted by Crippen LogP contribution is 2.22. The van der Waals surface area contributed by atoms with Crippen molar-refractivity contribution in [1.82, 2.24) is 20.0 Å². The van der Waals surface area contributed by atoms with Gasteiger partial charge >= 0.3 is 0 Å². The predicted molar refractivity (Wildman–Crippen MR) is 105 cm³/mol. The maximum absolute atomic E-state index is 12.1. The molecule has 0 aliphatic heterocycles. The van der Waals surface area contributed by atoms with Crippen molar-refractivity contribution < 1.29 is 9.32 Å². The van der Waals surface area contributed by atoms with Crippen LogP contribution in [0.2, 0.25) is 0 Å². The van der Waals surface area contributed by atoms with E-state index in [1.807, 2.05) is 38.1 Å². The molecule has 0 unspecified atom stereocenters. The van der Waals surface area contributed by atoms with Crippen LogP contribution in [0.4, 0.5) is 0 Å². The molecule has 0 saturated carbocycles. The van der Waals surface area contributed by atoms with Crippen molar-refractivity contribution in [2.24, 2.45) is 0 Å². The number of rotatable bonds is 6. The molecule has 2 heterocycles. The first-order valence-electron chi connectivity index (χ1n) is 8.56. The van der Waals surface area contributed by atoms with Crippen LogP contribution >= 0.6 is 15.9 Å². The Labute approximate surface area is 164 Å². The lowest BCUT2D eigenvalue weighted by molar-refractivity contribution is -0.122. The second-order valence-corrected chi connectivity index (χ2v) is 7.11. The summed E-state index contributed by atoms with van der Waals surface area (Å²) in [5.74, 6) is 0.512. The first-order chi connectivity index (χ1) is 13.0. The number of hydrogen-bond donors (Lipinski definition) is 1. The molecule has 1 amide bonds. The van der Waals surface area contributed by atoms with Gasteiger partial charge in [0.25, 0.3) is 11.4 Å². The maximum atomic E-state index is 12.1. The molecule has 27 heavy (non-hydrogen) atoms. The van der Waals surface area contributed by atoms with E-state index in [0.29, 0.717) is 11.4 Å². The Balaban J connectivity index is 1.83. The average Bonchev–Trinajstić information content (AvgIpc) is 3.14. The fourth-order valence-electron chi connectivity index (χ4n) is 2.42. The third-order valence-electron chi connectivity index (χ3n) is 4.09. The lowest BCUT2D eigenvalue weighted by Gasteiger charge is -2.12. The minimum atomic E-state index is -0.273. The summed E-state index contributed by atoms with van der Waals surface area (Å²) in [6.07, 6.45) is 2.37. The monoisotopic (exact) mass is 430 g/mol. The van der Waals surface area contributed by atoms with E-state index in [1.54, 1.807) is 12.3 Å². The van der Waals surface area contributed by atoms with Gasteiger partial charge in [-0.1, -0.05) is 28.0 Å². The van der Waals surface area contributed by atoms with E-state index in [-0.39, 0.29) is 29.9 Å². The van der Waals surface area contributed by atoms with Gasteiger partial charge in [-0.05, 0) is 43.7 Å². The smallest absolute Gasteiger partial charge is 0.259 e. The quantitative estimate of drug-likeness (QED) is 0.647. The van der Waals surface area contributed by atoms with Gasteiger partial charge in [-0.15, -0.1) is 0 Å². The molecule has 8 heteroatoms. The van der Waals surface area contributed by atoms with Gasteiger partial charge in [0, 0.05) is 28.3 Å². The van der Waals surface area contributed by atoms with Crippen molar-refractivity contribution in [3.8, 4) is 22.8 Å². The number of aromatic nitrogens is 3. The number of pyridine rings is 1. The standard InChI is InChI=1S/C19H19BrN4O3/c1-3-12(2)21-16(25)11-24-10-14(6-9-17(24)26)19-22-18(23-27-19)13-4-7-15(20)8-5-13/h4-10,12H,3,11H2,1-2H3,(H,21,25)/t12-/m0/s1. The fraction of sp³-hybridized carbons (Fsp3) is 0.263. The van der Waals surface area contributed by atoms with E-state index < -0.39 is 0 Å². The second kappa shape index (κ2) is 8.30. The van der Waals surface area contributed by atoms with Crippen LogP contribution in [-0.4, -0.2) is 26.7 Å². The van der Waals surface area contributed by atoms with Gasteiger partial charge in [-0.25, -0.2) is 0 Å². The number of amides is 1. The Morgan fingerprint density at radius 2 is 1.93 bits per heavy atom. The molecular weight excluding hydrogens is 412 g/mol. The molecule has 140 valence electrons. The molecular formula is C19H19BrN4O3. The van der Waals surface area contributed by atoms with E-state index in [4.69, 9.17) is 4.52 Å². The number of nitrogens with one attached hydrogen (secondary N) is 1. The Morgan fingerprint density at radius 3 is 2.63 bits per heavy atom. The molecule has 1 N–H and O–H groups in total. The topological polar surface area (TPSA) is 90.0 Å². The summed E-state index contributed by atoms with van der Waals surface area (Å²) in [6.45, 7) is 3.83. The van der Waals surface area contributed by atoms with Crippen molar-refractivity contribution in [3.63, 3.8) is 0 Å². The van der Waals surface area contributed by atoms with E-state index in [9.17, 15) is 9.59 Å². The van der Waals surface area contributed by atoms with E-state index in [0.717, 1.165) is 16.5 Å². The molecule has 0 spiro atoms. The number of carbonyl (C=O) groups excluding carboxylic acids is 1. The van der Waals surface area contributed by atoms with Gasteiger partial charge in [-0.2, -0.15) is 4.98 Å². The summed E-state index contributed by atoms with van der Waals surface area (Å²) >= 11 is 3.38. The van der Waals surface area contributed by atoms with Crippen LogP contribution in [0.1, 0.15) is 20.3 Å². The van der Waals surface area contributed by atoms with Gasteiger partial charge in [0.05, 0.1) is 5.56 Å². The molecule has 0 fully saturated rings. The zero-order valence-corrected chi connectivity index (χ0v) is 16.6. The van der Waals surface area contributed by atoms with Crippen LogP contribution < -0.4 is 10.9 Å². The van der Waals surface area contributed by atoms with E-state index in [1.165, 1.54) is 10.6 Å². The molecule has 2 aromatic heterocycles. The number of carbonyl (C=O) groups is 1. The Bertz CT molecular complexity index is 995. The van der Waals surface area contributed by atoms with Crippen molar-refractivity contribution >= 4 is 21.8 Å². The maximum Gasteiger partial charge on any atom is 0.259 e. The van der Waals surface area contributed by atoms with Crippen LogP contribution in [0.25, 0.3) is 22.8 Å². The number of benzene rings is 1. The summed E-state index contributed by atoms with van der Waals surface area (Å²) in [5.41, 5.74) is 1.11. The Morgan fingerprint density at radius 1 is 1.22 bits per heavy atom. The molecule has 1 aromatic carbocycles. The summed E-state index contributed by atoms with van der Waals surface area (Å²) in [5, 5.41) is 6.83. The minimum absolute atomic E-state index is 0.0563. The Hall–Kier alpha value is -2.74. The van der Waals surface area contributed by atoms with Crippen molar-refractivity contribution in [3.05, 3.63) is 57.4 Å². The molecule has 0 aliphatic rings. The van der Waals surface area contributed by atoms with Crippen molar-refractivity contribution in [1.29, 1.82) is 0 Å². The Kier molecular flexibility index (Phi) is 5.85. The highest BCUT2D eigenvalue weighted by Gasteiger charge is 2.13. The lowest BCUT2D eigenvalue weighted by atomic mass is 10.2. The summed E-state index contributed by atoms with van der Waals surface area (Å²) in [7, 11) is 0. The molecule has 7 nitrogen and oxygen atoms in total. The fourth-order valence-corrected chi connectivity index (χ4v) is 2.68. The lowest BCUT2D eigenvalue weighted by Crippen LogP contribution is -2.36. The van der Waals surface area contributed by atoms with E-state index >= 15 is 0 Å². The van der Waals surface area contributed by atoms with Crippen LogP contribution in [-0.2, 0) is 11.3 Å². The SMILES string of the molecule is CC[C@H](C)NC(=O)Cn1cc(-c2nc(-c3ccc(Br)cc3)no2)ccc1=O. The molecule has 0 aliphatic carbocycles. The zero-order valence-electron chi connectivity index (χ0n) is 15.0. The highest BCUT2D eigenvalue weighted by atomic mass is 79.9. The third kappa shape index (κ3) is 4.71. The first-order valence-corrected chi connectivity index (χ1v) is 9.35. The highest BCUT2D eigenvalue weighted by molar-refractivity contribution is 9.10. The van der Waals surface area contributed by atoms with Gasteiger partial charge in [0.1, 0.15) is 6.54 Å². The van der Waals surface area contributed by atoms with Crippen LogP contribution in [0.15, 0.2) is 56.4 Å². The number of hydrogen-bond acceptors (Lipinski definition) is 5. The van der Waals surface area contributed by atoms with Crippen LogP contribution in [0.5, 0.6) is 0 Å². The summed E-state index contributed by atoms with van der Waals surface area (Å²) < 4.78 is 7.61. The summed E-state index contributed by atoms with van der Waals surface area (Å²) in [4.78, 5) is 28.5. The molecule has 0 bridgehead atoms. The molecule has 0 radical (unpaired) electrons. The molecule has 3 rings (SSSR count). The van der Waals surface area contributed by atoms with Crippen LogP contribution in [0.3, 0.4) is 0 Å². The largest absolute Gasteiger partial charge is 0.352 e. The third-order valence-corrected chi connectivity index (χ3v) is 4.62. The van der Waals surface area contributed by atoms with Crippen molar-refractivity contribution in [2.75, 3.05) is 0 Å². The second-order valence-electron chi connectivity index (χ2n) is 6.19. The molecule has 0 saturated heterocycles. The van der Waals surface area contributed by atoms with Gasteiger partial charge in [0.15, 0.2) is 0 Å².